The molecule has 2 aromatic carbocycles. The maximum absolute atomic E-state index is 12.0. The summed E-state index contributed by atoms with van der Waals surface area (Å²) in [5.41, 5.74) is 1.77. The molecular weight excluding hydrogens is 334 g/mol. The van der Waals surface area contributed by atoms with Gasteiger partial charge in [0.1, 0.15) is 0 Å². The Hall–Kier alpha value is -1.26. The third-order valence-electron chi connectivity index (χ3n) is 2.70. The Kier molecular flexibility index (Phi) is 5.68. The van der Waals surface area contributed by atoms with Crippen molar-refractivity contribution in [3.63, 3.8) is 0 Å². The second-order valence-electron chi connectivity index (χ2n) is 4.43. The van der Waals surface area contributed by atoms with E-state index in [1.807, 2.05) is 43.3 Å². The molecule has 20 heavy (non-hydrogen) atoms. The maximum atomic E-state index is 12.0. The van der Waals surface area contributed by atoms with E-state index < -0.39 is 0 Å². The van der Waals surface area contributed by atoms with Crippen molar-refractivity contribution < 1.29 is 4.79 Å². The van der Waals surface area contributed by atoms with Crippen molar-refractivity contribution in [3.05, 3.63) is 64.1 Å². The van der Waals surface area contributed by atoms with E-state index in [1.165, 1.54) is 4.90 Å². The Balaban J connectivity index is 1.80. The lowest BCUT2D eigenvalue weighted by molar-refractivity contribution is 0.0956. The van der Waals surface area contributed by atoms with Gasteiger partial charge in [-0.2, -0.15) is 0 Å². The van der Waals surface area contributed by atoms with Gasteiger partial charge in [0.25, 0.3) is 5.91 Å². The molecule has 0 unspecified atom stereocenters. The number of hydrogen-bond acceptors (Lipinski definition) is 2. The summed E-state index contributed by atoms with van der Waals surface area (Å²) in [6.07, 6.45) is 0. The quantitative estimate of drug-likeness (QED) is 0.644. The molecule has 1 amide bonds. The summed E-state index contributed by atoms with van der Waals surface area (Å²) < 4.78 is 0.932. The van der Waals surface area contributed by atoms with Crippen molar-refractivity contribution in [2.75, 3.05) is 12.3 Å². The summed E-state index contributed by atoms with van der Waals surface area (Å²) in [5, 5.41) is 2.94. The molecule has 104 valence electrons. The minimum Gasteiger partial charge on any atom is -0.351 e. The SMILES string of the molecule is Cc1cc(Br)cc(C(=O)NCCSc2ccccc2)c1. The first-order chi connectivity index (χ1) is 9.65. The first-order valence-electron chi connectivity index (χ1n) is 6.38. The molecule has 0 bridgehead atoms. The third-order valence-corrected chi connectivity index (χ3v) is 4.18. The van der Waals surface area contributed by atoms with Crippen LogP contribution < -0.4 is 5.32 Å². The van der Waals surface area contributed by atoms with Crippen LogP contribution in [0.5, 0.6) is 0 Å². The Morgan fingerprint density at radius 1 is 1.20 bits per heavy atom. The second kappa shape index (κ2) is 7.50. The lowest BCUT2D eigenvalue weighted by atomic mass is 10.1. The van der Waals surface area contributed by atoms with Crippen LogP contribution in [0, 0.1) is 6.92 Å². The summed E-state index contributed by atoms with van der Waals surface area (Å²) in [4.78, 5) is 13.2. The monoisotopic (exact) mass is 349 g/mol. The van der Waals surface area contributed by atoms with Crippen LogP contribution in [0.1, 0.15) is 15.9 Å². The largest absolute Gasteiger partial charge is 0.351 e. The molecule has 0 saturated carbocycles. The Morgan fingerprint density at radius 2 is 1.95 bits per heavy atom. The summed E-state index contributed by atoms with van der Waals surface area (Å²) in [5.74, 6) is 0.839. The smallest absolute Gasteiger partial charge is 0.251 e. The minimum absolute atomic E-state index is 0.0249. The van der Waals surface area contributed by atoms with Gasteiger partial charge in [-0.15, -0.1) is 11.8 Å². The van der Waals surface area contributed by atoms with Crippen molar-refractivity contribution in [1.29, 1.82) is 0 Å². The predicted molar refractivity (Wildman–Crippen MR) is 88.4 cm³/mol. The normalized spacial score (nSPS) is 10.3. The van der Waals surface area contributed by atoms with Gasteiger partial charge >= 0.3 is 0 Å². The highest BCUT2D eigenvalue weighted by Crippen LogP contribution is 2.17. The van der Waals surface area contributed by atoms with E-state index in [9.17, 15) is 4.79 Å². The van der Waals surface area contributed by atoms with Crippen molar-refractivity contribution in [3.8, 4) is 0 Å². The fourth-order valence-corrected chi connectivity index (χ4v) is 3.22. The molecule has 0 aliphatic carbocycles. The van der Waals surface area contributed by atoms with Gasteiger partial charge < -0.3 is 5.32 Å². The van der Waals surface area contributed by atoms with E-state index in [1.54, 1.807) is 11.8 Å². The Labute approximate surface area is 132 Å². The average molecular weight is 350 g/mol. The first-order valence-corrected chi connectivity index (χ1v) is 8.16. The Morgan fingerprint density at radius 3 is 2.65 bits per heavy atom. The van der Waals surface area contributed by atoms with Crippen LogP contribution in [0.4, 0.5) is 0 Å². The Bertz CT molecular complexity index is 566. The van der Waals surface area contributed by atoms with Crippen LogP contribution in [0.3, 0.4) is 0 Å². The molecule has 0 heterocycles. The number of hydrogen-bond donors (Lipinski definition) is 1. The molecule has 2 rings (SSSR count). The van der Waals surface area contributed by atoms with Crippen molar-refractivity contribution >= 4 is 33.6 Å². The molecular formula is C16H16BrNOS. The van der Waals surface area contributed by atoms with Crippen LogP contribution in [-0.2, 0) is 0 Å². The average Bonchev–Trinajstić information content (AvgIpc) is 2.43. The van der Waals surface area contributed by atoms with Crippen molar-refractivity contribution in [2.24, 2.45) is 0 Å². The van der Waals surface area contributed by atoms with Gasteiger partial charge in [-0.3, -0.25) is 4.79 Å². The van der Waals surface area contributed by atoms with Gasteiger partial charge in [0.15, 0.2) is 0 Å². The van der Waals surface area contributed by atoms with E-state index in [0.717, 1.165) is 15.8 Å². The van der Waals surface area contributed by atoms with Crippen LogP contribution in [0.15, 0.2) is 57.9 Å². The number of carbonyl (C=O) groups excluding carboxylic acids is 1. The van der Waals surface area contributed by atoms with E-state index in [2.05, 4.69) is 33.4 Å². The van der Waals surface area contributed by atoms with E-state index >= 15 is 0 Å². The number of aryl methyl sites for hydroxylation is 1. The van der Waals surface area contributed by atoms with E-state index in [-0.39, 0.29) is 5.91 Å². The standard InChI is InChI=1S/C16H16BrNOS/c1-12-9-13(11-14(17)10-12)16(19)18-7-8-20-15-5-3-2-4-6-15/h2-6,9-11H,7-8H2,1H3,(H,18,19). The number of halogens is 1. The molecule has 0 fully saturated rings. The highest BCUT2D eigenvalue weighted by atomic mass is 79.9. The van der Waals surface area contributed by atoms with E-state index in [0.29, 0.717) is 12.1 Å². The zero-order valence-corrected chi connectivity index (χ0v) is 13.6. The van der Waals surface area contributed by atoms with Crippen LogP contribution in [0.25, 0.3) is 0 Å². The van der Waals surface area contributed by atoms with Crippen molar-refractivity contribution in [2.45, 2.75) is 11.8 Å². The van der Waals surface area contributed by atoms with Gasteiger partial charge in [0.2, 0.25) is 0 Å². The number of benzene rings is 2. The lowest BCUT2D eigenvalue weighted by Gasteiger charge is -2.06. The first kappa shape index (κ1) is 15.1. The molecule has 0 spiro atoms. The predicted octanol–water partition coefficient (Wildman–Crippen LogP) is 4.28. The number of thioether (sulfide) groups is 1. The molecule has 4 heteroatoms. The maximum Gasteiger partial charge on any atom is 0.251 e. The van der Waals surface area contributed by atoms with Crippen LogP contribution in [-0.4, -0.2) is 18.2 Å². The summed E-state index contributed by atoms with van der Waals surface area (Å²) in [7, 11) is 0. The number of carbonyl (C=O) groups is 1. The van der Waals surface area contributed by atoms with Gasteiger partial charge in [0.05, 0.1) is 0 Å². The minimum atomic E-state index is -0.0249. The van der Waals surface area contributed by atoms with Gasteiger partial charge in [-0.1, -0.05) is 34.1 Å². The molecule has 2 nitrogen and oxygen atoms in total. The fraction of sp³-hybridized carbons (Fsp3) is 0.188. The molecule has 1 N–H and O–H groups in total. The zero-order valence-electron chi connectivity index (χ0n) is 11.2. The van der Waals surface area contributed by atoms with Gasteiger partial charge in [-0.05, 0) is 42.8 Å². The van der Waals surface area contributed by atoms with Gasteiger partial charge in [0, 0.05) is 27.2 Å². The van der Waals surface area contributed by atoms with Crippen LogP contribution >= 0.6 is 27.7 Å². The van der Waals surface area contributed by atoms with Crippen LogP contribution in [0.2, 0.25) is 0 Å². The third kappa shape index (κ3) is 4.69. The van der Waals surface area contributed by atoms with E-state index in [4.69, 9.17) is 0 Å². The van der Waals surface area contributed by atoms with Gasteiger partial charge in [-0.25, -0.2) is 0 Å². The second-order valence-corrected chi connectivity index (χ2v) is 6.52. The topological polar surface area (TPSA) is 29.1 Å². The number of nitrogens with one attached hydrogen (secondary N) is 1. The lowest BCUT2D eigenvalue weighted by Crippen LogP contribution is -2.25. The number of rotatable bonds is 5. The highest BCUT2D eigenvalue weighted by molar-refractivity contribution is 9.10. The molecule has 0 saturated heterocycles. The molecule has 0 aliphatic heterocycles. The molecule has 0 aromatic heterocycles. The highest BCUT2D eigenvalue weighted by Gasteiger charge is 2.06. The molecule has 0 atom stereocenters. The molecule has 0 aliphatic rings. The van der Waals surface area contributed by atoms with Crippen molar-refractivity contribution in [1.82, 2.24) is 5.32 Å². The number of amides is 1. The molecule has 2 aromatic rings. The zero-order chi connectivity index (χ0) is 14.4. The summed E-state index contributed by atoms with van der Waals surface area (Å²) >= 11 is 5.15. The fourth-order valence-electron chi connectivity index (χ4n) is 1.82. The summed E-state index contributed by atoms with van der Waals surface area (Å²) in [6.45, 7) is 2.64. The molecule has 0 radical (unpaired) electrons. The summed E-state index contributed by atoms with van der Waals surface area (Å²) in [6, 6.07) is 15.9.